The highest BCUT2D eigenvalue weighted by molar-refractivity contribution is 5.87. The number of rotatable bonds is 2. The lowest BCUT2D eigenvalue weighted by atomic mass is 9.82. The summed E-state index contributed by atoms with van der Waals surface area (Å²) in [6.07, 6.45) is 3.56. The van der Waals surface area contributed by atoms with Gasteiger partial charge in [-0.2, -0.15) is 0 Å². The predicted molar refractivity (Wildman–Crippen MR) is 74.6 cm³/mol. The Morgan fingerprint density at radius 2 is 1.61 bits per heavy atom. The van der Waals surface area contributed by atoms with E-state index >= 15 is 0 Å². The van der Waals surface area contributed by atoms with Crippen molar-refractivity contribution < 1.29 is 4.79 Å². The van der Waals surface area contributed by atoms with Gasteiger partial charge >= 0.3 is 0 Å². The molecule has 0 radical (unpaired) electrons. The van der Waals surface area contributed by atoms with Gasteiger partial charge in [0.05, 0.1) is 5.41 Å². The smallest absolute Gasteiger partial charge is 0.232 e. The topological polar surface area (TPSA) is 20.3 Å². The minimum Gasteiger partial charge on any atom is -0.342 e. The van der Waals surface area contributed by atoms with Crippen LogP contribution in [0.2, 0.25) is 0 Å². The zero-order valence-corrected chi connectivity index (χ0v) is 11.7. The molecule has 98 valence electrons. The van der Waals surface area contributed by atoms with Gasteiger partial charge < -0.3 is 4.90 Å². The lowest BCUT2D eigenvalue weighted by Gasteiger charge is -2.34. The second-order valence-corrected chi connectivity index (χ2v) is 5.84. The lowest BCUT2D eigenvalue weighted by molar-refractivity contribution is -0.137. The average Bonchev–Trinajstić information content (AvgIpc) is 2.39. The SMILES string of the molecule is Cc1ccc(C(C)(C)C(=O)N2CCCCC2)cc1. The predicted octanol–water partition coefficient (Wildman–Crippen LogP) is 3.29. The fraction of sp³-hybridized carbons (Fsp3) is 0.562. The molecular formula is C16H23NO. The van der Waals surface area contributed by atoms with Crippen LogP contribution in [0.5, 0.6) is 0 Å². The third kappa shape index (κ3) is 2.58. The second-order valence-electron chi connectivity index (χ2n) is 5.84. The van der Waals surface area contributed by atoms with Crippen LogP contribution < -0.4 is 0 Å². The molecule has 0 spiro atoms. The summed E-state index contributed by atoms with van der Waals surface area (Å²) in [5, 5.41) is 0. The minimum absolute atomic E-state index is 0.269. The van der Waals surface area contributed by atoms with Crippen LogP contribution in [0.25, 0.3) is 0 Å². The van der Waals surface area contributed by atoms with Gasteiger partial charge in [-0.15, -0.1) is 0 Å². The molecule has 1 amide bonds. The Balaban J connectivity index is 2.18. The van der Waals surface area contributed by atoms with Crippen LogP contribution in [-0.2, 0) is 10.2 Å². The molecule has 0 atom stereocenters. The van der Waals surface area contributed by atoms with Gasteiger partial charge in [0.1, 0.15) is 0 Å². The van der Waals surface area contributed by atoms with Crippen molar-refractivity contribution in [2.45, 2.75) is 45.4 Å². The highest BCUT2D eigenvalue weighted by Gasteiger charge is 2.33. The molecule has 0 bridgehead atoms. The van der Waals surface area contributed by atoms with Crippen molar-refractivity contribution in [1.82, 2.24) is 4.90 Å². The van der Waals surface area contributed by atoms with E-state index in [1.54, 1.807) is 0 Å². The van der Waals surface area contributed by atoms with Gasteiger partial charge in [0, 0.05) is 13.1 Å². The standard InChI is InChI=1S/C16H23NO/c1-13-7-9-14(10-8-13)16(2,3)15(18)17-11-5-4-6-12-17/h7-10H,4-6,11-12H2,1-3H3. The number of amides is 1. The Morgan fingerprint density at radius 1 is 1.06 bits per heavy atom. The maximum atomic E-state index is 12.6. The van der Waals surface area contributed by atoms with Crippen LogP contribution in [-0.4, -0.2) is 23.9 Å². The number of benzene rings is 1. The number of likely N-dealkylation sites (tertiary alicyclic amines) is 1. The maximum absolute atomic E-state index is 12.6. The van der Waals surface area contributed by atoms with Crippen molar-refractivity contribution in [3.63, 3.8) is 0 Å². The summed E-state index contributed by atoms with van der Waals surface area (Å²) in [7, 11) is 0. The highest BCUT2D eigenvalue weighted by atomic mass is 16.2. The number of piperidine rings is 1. The Bertz CT molecular complexity index is 413. The van der Waals surface area contributed by atoms with Crippen molar-refractivity contribution in [1.29, 1.82) is 0 Å². The van der Waals surface area contributed by atoms with E-state index in [-0.39, 0.29) is 5.91 Å². The Hall–Kier alpha value is -1.31. The Kier molecular flexibility index (Phi) is 3.74. The quantitative estimate of drug-likeness (QED) is 0.783. The summed E-state index contributed by atoms with van der Waals surface area (Å²) in [6, 6.07) is 8.33. The van der Waals surface area contributed by atoms with E-state index in [1.165, 1.54) is 12.0 Å². The first-order valence-corrected chi connectivity index (χ1v) is 6.88. The summed E-state index contributed by atoms with van der Waals surface area (Å²) >= 11 is 0. The van der Waals surface area contributed by atoms with Crippen LogP contribution in [0.1, 0.15) is 44.2 Å². The fourth-order valence-corrected chi connectivity index (χ4v) is 2.59. The zero-order chi connectivity index (χ0) is 13.2. The normalized spacial score (nSPS) is 16.7. The minimum atomic E-state index is -0.412. The Labute approximate surface area is 110 Å². The molecule has 1 aromatic rings. The number of hydrogen-bond donors (Lipinski definition) is 0. The summed E-state index contributed by atoms with van der Waals surface area (Å²) in [5.74, 6) is 0.269. The molecule has 2 nitrogen and oxygen atoms in total. The number of carbonyl (C=O) groups is 1. The molecule has 1 fully saturated rings. The first kappa shape index (κ1) is 13.1. The van der Waals surface area contributed by atoms with Gasteiger partial charge in [0.15, 0.2) is 0 Å². The largest absolute Gasteiger partial charge is 0.342 e. The Morgan fingerprint density at radius 3 is 2.17 bits per heavy atom. The van der Waals surface area contributed by atoms with Gasteiger partial charge in [0.25, 0.3) is 0 Å². The van der Waals surface area contributed by atoms with E-state index in [0.29, 0.717) is 0 Å². The summed E-state index contributed by atoms with van der Waals surface area (Å²) in [6.45, 7) is 7.99. The van der Waals surface area contributed by atoms with Crippen LogP contribution in [0.15, 0.2) is 24.3 Å². The summed E-state index contributed by atoms with van der Waals surface area (Å²) in [4.78, 5) is 14.7. The van der Waals surface area contributed by atoms with E-state index in [2.05, 4.69) is 31.2 Å². The van der Waals surface area contributed by atoms with Gasteiger partial charge in [-0.05, 0) is 45.6 Å². The third-order valence-electron chi connectivity index (χ3n) is 3.95. The molecular weight excluding hydrogens is 222 g/mol. The molecule has 1 heterocycles. The molecule has 18 heavy (non-hydrogen) atoms. The van der Waals surface area contributed by atoms with Crippen LogP contribution in [0, 0.1) is 6.92 Å². The average molecular weight is 245 g/mol. The summed E-state index contributed by atoms with van der Waals surface area (Å²) < 4.78 is 0. The van der Waals surface area contributed by atoms with Crippen LogP contribution in [0.3, 0.4) is 0 Å². The maximum Gasteiger partial charge on any atom is 0.232 e. The summed E-state index contributed by atoms with van der Waals surface area (Å²) in [5.41, 5.74) is 1.94. The van der Waals surface area contributed by atoms with Crippen LogP contribution in [0.4, 0.5) is 0 Å². The molecule has 0 aromatic heterocycles. The van der Waals surface area contributed by atoms with Gasteiger partial charge in [0.2, 0.25) is 5.91 Å². The second kappa shape index (κ2) is 5.13. The number of nitrogens with zero attached hydrogens (tertiary/aromatic N) is 1. The molecule has 0 aliphatic carbocycles. The van der Waals surface area contributed by atoms with Gasteiger partial charge in [-0.25, -0.2) is 0 Å². The molecule has 1 saturated heterocycles. The van der Waals surface area contributed by atoms with Crippen molar-refractivity contribution in [3.8, 4) is 0 Å². The van der Waals surface area contributed by atoms with E-state index in [0.717, 1.165) is 31.5 Å². The third-order valence-corrected chi connectivity index (χ3v) is 3.95. The first-order valence-electron chi connectivity index (χ1n) is 6.88. The molecule has 1 aliphatic heterocycles. The zero-order valence-electron chi connectivity index (χ0n) is 11.7. The van der Waals surface area contributed by atoms with Gasteiger partial charge in [-0.1, -0.05) is 29.8 Å². The van der Waals surface area contributed by atoms with Crippen LogP contribution >= 0.6 is 0 Å². The van der Waals surface area contributed by atoms with Crippen molar-refractivity contribution >= 4 is 5.91 Å². The number of aryl methyl sites for hydroxylation is 1. The molecule has 0 N–H and O–H groups in total. The highest BCUT2D eigenvalue weighted by Crippen LogP contribution is 2.27. The van der Waals surface area contributed by atoms with E-state index in [9.17, 15) is 4.79 Å². The molecule has 2 rings (SSSR count). The lowest BCUT2D eigenvalue weighted by Crippen LogP contribution is -2.45. The van der Waals surface area contributed by atoms with E-state index < -0.39 is 5.41 Å². The first-order chi connectivity index (χ1) is 8.51. The molecule has 1 aliphatic rings. The van der Waals surface area contributed by atoms with Crippen molar-refractivity contribution in [2.75, 3.05) is 13.1 Å². The molecule has 1 aromatic carbocycles. The van der Waals surface area contributed by atoms with Crippen molar-refractivity contribution in [2.24, 2.45) is 0 Å². The van der Waals surface area contributed by atoms with E-state index in [4.69, 9.17) is 0 Å². The molecule has 2 heteroatoms. The van der Waals surface area contributed by atoms with E-state index in [1.807, 2.05) is 18.7 Å². The fourth-order valence-electron chi connectivity index (χ4n) is 2.59. The van der Waals surface area contributed by atoms with Crippen molar-refractivity contribution in [3.05, 3.63) is 35.4 Å². The van der Waals surface area contributed by atoms with Gasteiger partial charge in [-0.3, -0.25) is 4.79 Å². The number of carbonyl (C=O) groups excluding carboxylic acids is 1. The molecule has 0 unspecified atom stereocenters. The number of hydrogen-bond acceptors (Lipinski definition) is 1. The monoisotopic (exact) mass is 245 g/mol. The molecule has 0 saturated carbocycles.